The van der Waals surface area contributed by atoms with Crippen LogP contribution in [0, 0.1) is 6.92 Å². The van der Waals surface area contributed by atoms with Gasteiger partial charge in [-0.05, 0) is 30.7 Å². The van der Waals surface area contributed by atoms with Gasteiger partial charge in [-0.1, -0.05) is 15.9 Å². The number of nitrogens with zero attached hydrogens (tertiary/aromatic N) is 2. The second-order valence-electron chi connectivity index (χ2n) is 5.38. The van der Waals surface area contributed by atoms with E-state index in [0.29, 0.717) is 6.42 Å². The van der Waals surface area contributed by atoms with Crippen LogP contribution in [0.5, 0.6) is 0 Å². The van der Waals surface area contributed by atoms with E-state index in [9.17, 15) is 4.79 Å². The lowest BCUT2D eigenvalue weighted by atomic mass is 10.1. The average Bonchev–Trinajstić information content (AvgIpc) is 2.78. The van der Waals surface area contributed by atoms with Crippen molar-refractivity contribution in [3.8, 4) is 0 Å². The first kappa shape index (κ1) is 13.9. The highest BCUT2D eigenvalue weighted by Gasteiger charge is 2.29. The molecule has 1 unspecified atom stereocenters. The summed E-state index contributed by atoms with van der Waals surface area (Å²) in [6.07, 6.45) is 0.588. The zero-order valence-electron chi connectivity index (χ0n) is 11.6. The van der Waals surface area contributed by atoms with Crippen molar-refractivity contribution in [3.63, 3.8) is 0 Å². The number of carbonyl (C=O) groups is 1. The van der Waals surface area contributed by atoms with E-state index in [1.807, 2.05) is 4.90 Å². The summed E-state index contributed by atoms with van der Waals surface area (Å²) >= 11 is 3.53. The minimum absolute atomic E-state index is 0.199. The Bertz CT molecular complexity index is 515. The molecule has 1 aromatic rings. The van der Waals surface area contributed by atoms with E-state index < -0.39 is 0 Å². The first-order valence-electron chi connectivity index (χ1n) is 7.03. The SMILES string of the molecule is Cc1cc(N2CC(Br)CC2=O)ccc1N1CCOCC1. The van der Waals surface area contributed by atoms with E-state index in [-0.39, 0.29) is 10.7 Å². The third kappa shape index (κ3) is 2.69. The van der Waals surface area contributed by atoms with Crippen molar-refractivity contribution >= 4 is 33.2 Å². The highest BCUT2D eigenvalue weighted by atomic mass is 79.9. The van der Waals surface area contributed by atoms with Crippen molar-refractivity contribution in [1.29, 1.82) is 0 Å². The molecule has 2 fully saturated rings. The Kier molecular flexibility index (Phi) is 3.98. The molecule has 2 saturated heterocycles. The van der Waals surface area contributed by atoms with Gasteiger partial charge in [-0.3, -0.25) is 4.79 Å². The van der Waals surface area contributed by atoms with Crippen molar-refractivity contribution in [2.24, 2.45) is 0 Å². The molecular weight excluding hydrogens is 320 g/mol. The number of carbonyl (C=O) groups excluding carboxylic acids is 1. The molecule has 0 bridgehead atoms. The number of amides is 1. The summed E-state index contributed by atoms with van der Waals surface area (Å²) < 4.78 is 5.39. The average molecular weight is 339 g/mol. The molecule has 0 aliphatic carbocycles. The molecule has 0 spiro atoms. The predicted octanol–water partition coefficient (Wildman–Crippen LogP) is 2.33. The summed E-state index contributed by atoms with van der Waals surface area (Å²) in [5, 5.41) is 0. The number of benzene rings is 1. The van der Waals surface area contributed by atoms with Gasteiger partial charge in [0.1, 0.15) is 0 Å². The first-order chi connectivity index (χ1) is 9.65. The summed E-state index contributed by atoms with van der Waals surface area (Å²) in [6.45, 7) is 6.32. The molecule has 2 aliphatic heterocycles. The number of hydrogen-bond donors (Lipinski definition) is 0. The van der Waals surface area contributed by atoms with Gasteiger partial charge in [0.15, 0.2) is 0 Å². The molecule has 1 atom stereocenters. The second-order valence-corrected chi connectivity index (χ2v) is 6.67. The fourth-order valence-electron chi connectivity index (χ4n) is 2.88. The molecular formula is C15H19BrN2O2. The number of anilines is 2. The van der Waals surface area contributed by atoms with Crippen LogP contribution in [0.3, 0.4) is 0 Å². The lowest BCUT2D eigenvalue weighted by Gasteiger charge is -2.30. The van der Waals surface area contributed by atoms with Gasteiger partial charge in [0.25, 0.3) is 0 Å². The maximum atomic E-state index is 12.0. The summed E-state index contributed by atoms with van der Waals surface area (Å²) in [5.74, 6) is 0.199. The second kappa shape index (κ2) is 5.74. The van der Waals surface area contributed by atoms with Gasteiger partial charge in [0.2, 0.25) is 5.91 Å². The maximum Gasteiger partial charge on any atom is 0.228 e. The number of rotatable bonds is 2. The Hall–Kier alpha value is -1.07. The number of ether oxygens (including phenoxy) is 1. The quantitative estimate of drug-likeness (QED) is 0.776. The largest absolute Gasteiger partial charge is 0.378 e. The molecule has 0 saturated carbocycles. The van der Waals surface area contributed by atoms with E-state index in [2.05, 4.69) is 46.0 Å². The summed E-state index contributed by atoms with van der Waals surface area (Å²) in [4.78, 5) is 16.4. The Morgan fingerprint density at radius 2 is 2.05 bits per heavy atom. The van der Waals surface area contributed by atoms with Gasteiger partial charge in [-0.2, -0.15) is 0 Å². The van der Waals surface area contributed by atoms with Crippen LogP contribution in [0.1, 0.15) is 12.0 Å². The molecule has 1 aromatic carbocycles. The Labute approximate surface area is 127 Å². The van der Waals surface area contributed by atoms with Gasteiger partial charge in [-0.25, -0.2) is 0 Å². The molecule has 0 radical (unpaired) electrons. The first-order valence-corrected chi connectivity index (χ1v) is 7.94. The molecule has 3 rings (SSSR count). The predicted molar refractivity (Wildman–Crippen MR) is 83.9 cm³/mol. The molecule has 5 heteroatoms. The zero-order chi connectivity index (χ0) is 14.1. The summed E-state index contributed by atoms with van der Waals surface area (Å²) in [5.41, 5.74) is 3.47. The molecule has 20 heavy (non-hydrogen) atoms. The summed E-state index contributed by atoms with van der Waals surface area (Å²) in [7, 11) is 0. The van der Waals surface area contributed by atoms with Crippen molar-refractivity contribution in [2.75, 3.05) is 42.6 Å². The standard InChI is InChI=1S/C15H19BrN2O2/c1-11-8-13(18-10-12(16)9-15(18)19)2-3-14(11)17-4-6-20-7-5-17/h2-3,8,12H,4-7,9-10H2,1H3. The third-order valence-electron chi connectivity index (χ3n) is 3.92. The Morgan fingerprint density at radius 3 is 2.65 bits per heavy atom. The van der Waals surface area contributed by atoms with Gasteiger partial charge in [-0.15, -0.1) is 0 Å². The van der Waals surface area contributed by atoms with Crippen LogP contribution in [-0.2, 0) is 9.53 Å². The van der Waals surface area contributed by atoms with Crippen LogP contribution < -0.4 is 9.80 Å². The van der Waals surface area contributed by atoms with E-state index in [1.54, 1.807) is 0 Å². The highest BCUT2D eigenvalue weighted by Crippen LogP contribution is 2.30. The molecule has 0 aromatic heterocycles. The van der Waals surface area contributed by atoms with Crippen molar-refractivity contribution < 1.29 is 9.53 Å². The van der Waals surface area contributed by atoms with E-state index in [0.717, 1.165) is 38.5 Å². The van der Waals surface area contributed by atoms with Crippen molar-refractivity contribution in [3.05, 3.63) is 23.8 Å². The highest BCUT2D eigenvalue weighted by molar-refractivity contribution is 9.09. The third-order valence-corrected chi connectivity index (χ3v) is 4.53. The lowest BCUT2D eigenvalue weighted by Crippen LogP contribution is -2.36. The Morgan fingerprint density at radius 1 is 1.30 bits per heavy atom. The number of morpholine rings is 1. The van der Waals surface area contributed by atoms with Crippen molar-refractivity contribution in [1.82, 2.24) is 0 Å². The van der Waals surface area contributed by atoms with E-state index >= 15 is 0 Å². The summed E-state index contributed by atoms with van der Waals surface area (Å²) in [6, 6.07) is 6.30. The van der Waals surface area contributed by atoms with Gasteiger partial charge in [0.05, 0.1) is 13.2 Å². The molecule has 1 amide bonds. The van der Waals surface area contributed by atoms with Crippen LogP contribution in [0.25, 0.3) is 0 Å². The molecule has 4 nitrogen and oxygen atoms in total. The minimum atomic E-state index is 0.199. The fraction of sp³-hybridized carbons (Fsp3) is 0.533. The fourth-order valence-corrected chi connectivity index (χ4v) is 3.45. The minimum Gasteiger partial charge on any atom is -0.378 e. The van der Waals surface area contributed by atoms with Crippen molar-refractivity contribution in [2.45, 2.75) is 18.2 Å². The number of aryl methyl sites for hydroxylation is 1. The smallest absolute Gasteiger partial charge is 0.228 e. The monoisotopic (exact) mass is 338 g/mol. The molecule has 2 heterocycles. The van der Waals surface area contributed by atoms with Crippen LogP contribution >= 0.6 is 15.9 Å². The van der Waals surface area contributed by atoms with E-state index in [1.165, 1.54) is 11.3 Å². The van der Waals surface area contributed by atoms with Crippen LogP contribution in [0.4, 0.5) is 11.4 Å². The van der Waals surface area contributed by atoms with Gasteiger partial charge < -0.3 is 14.5 Å². The number of halogens is 1. The number of hydrogen-bond acceptors (Lipinski definition) is 3. The lowest BCUT2D eigenvalue weighted by molar-refractivity contribution is -0.117. The van der Waals surface area contributed by atoms with Crippen LogP contribution in [0.2, 0.25) is 0 Å². The normalized spacial score (nSPS) is 23.5. The molecule has 0 N–H and O–H groups in total. The molecule has 2 aliphatic rings. The van der Waals surface area contributed by atoms with Gasteiger partial charge >= 0.3 is 0 Å². The maximum absolute atomic E-state index is 12.0. The Balaban J connectivity index is 1.82. The zero-order valence-corrected chi connectivity index (χ0v) is 13.2. The molecule has 108 valence electrons. The van der Waals surface area contributed by atoms with E-state index in [4.69, 9.17) is 4.74 Å². The van der Waals surface area contributed by atoms with Crippen LogP contribution in [-0.4, -0.2) is 43.6 Å². The van der Waals surface area contributed by atoms with Gasteiger partial charge in [0, 0.05) is 42.3 Å². The van der Waals surface area contributed by atoms with Crippen LogP contribution in [0.15, 0.2) is 18.2 Å². The topological polar surface area (TPSA) is 32.8 Å². The number of alkyl halides is 1.